The van der Waals surface area contributed by atoms with Crippen molar-refractivity contribution in [1.82, 2.24) is 28.7 Å². The Labute approximate surface area is 481 Å². The number of carbonyl (C=O) groups is 4. The van der Waals surface area contributed by atoms with Gasteiger partial charge < -0.3 is 48.4 Å². The van der Waals surface area contributed by atoms with Crippen LogP contribution in [0.25, 0.3) is 33.9 Å². The minimum atomic E-state index is -0.997. The molecule has 2 saturated heterocycles. The molecule has 82 heavy (non-hydrogen) atoms. The van der Waals surface area contributed by atoms with Crippen molar-refractivity contribution < 1.29 is 38.9 Å². The number of hydrogen-bond acceptors (Lipinski definition) is 8. The molecule has 14 nitrogen and oxygen atoms in total. The normalized spacial score (nSPS) is 16.4. The van der Waals surface area contributed by atoms with Crippen LogP contribution in [-0.4, -0.2) is 126 Å². The number of amides is 4. The molecule has 10 rings (SSSR count). The van der Waals surface area contributed by atoms with Crippen LogP contribution in [0.3, 0.4) is 0 Å². The summed E-state index contributed by atoms with van der Waals surface area (Å²) in [5.74, 6) is -0.379. The van der Waals surface area contributed by atoms with Gasteiger partial charge in [-0.1, -0.05) is 158 Å². The van der Waals surface area contributed by atoms with E-state index in [2.05, 4.69) is 9.13 Å². The van der Waals surface area contributed by atoms with Gasteiger partial charge >= 0.3 is 12.2 Å². The number of aromatic nitrogens is 2. The van der Waals surface area contributed by atoms with Gasteiger partial charge in [0, 0.05) is 62.0 Å². The van der Waals surface area contributed by atoms with Gasteiger partial charge in [-0.15, -0.1) is 0 Å². The van der Waals surface area contributed by atoms with Crippen LogP contribution < -0.4 is 0 Å². The number of nitrogens with zero attached hydrogens (tertiary/aromatic N) is 6. The molecular weight excluding hydrogens is 1030 g/mol. The van der Waals surface area contributed by atoms with Gasteiger partial charge in [0.25, 0.3) is 11.8 Å². The minimum Gasteiger partial charge on any atom is -0.444 e. The van der Waals surface area contributed by atoms with Gasteiger partial charge in [0.05, 0.1) is 34.6 Å². The molecule has 2 N–H and O–H groups in total. The fourth-order valence-electron chi connectivity index (χ4n) is 10.9. The maximum Gasteiger partial charge on any atom is 0.410 e. The number of aliphatic hydroxyl groups excluding tert-OH is 2. The number of ether oxygens (including phenoxy) is 2. The Morgan fingerprint density at radius 2 is 0.732 bits per heavy atom. The zero-order valence-electron chi connectivity index (χ0n) is 48.1. The topological polar surface area (TPSA) is 150 Å². The molecule has 4 heterocycles. The van der Waals surface area contributed by atoms with Gasteiger partial charge in [0.2, 0.25) is 0 Å². The number of benzene rings is 6. The lowest BCUT2D eigenvalue weighted by Crippen LogP contribution is -2.59. The lowest BCUT2D eigenvalue weighted by Gasteiger charge is -2.43. The number of aryl methyl sites for hydroxylation is 2. The van der Waals surface area contributed by atoms with E-state index in [0.717, 1.165) is 45.3 Å². The molecule has 14 heteroatoms. The molecule has 2 aromatic heterocycles. The molecule has 424 valence electrons. The van der Waals surface area contributed by atoms with Crippen LogP contribution in [0.5, 0.6) is 0 Å². The van der Waals surface area contributed by atoms with Gasteiger partial charge in [0.1, 0.15) is 23.4 Å². The Bertz CT molecular complexity index is 3220. The molecule has 2 aliphatic rings. The molecule has 0 spiro atoms. The summed E-state index contributed by atoms with van der Waals surface area (Å²) < 4.78 is 15.5. The third-order valence-corrected chi connectivity index (χ3v) is 14.6. The van der Waals surface area contributed by atoms with Crippen molar-refractivity contribution in [3.63, 3.8) is 0 Å². The maximum absolute atomic E-state index is 14.5. The molecule has 6 aromatic carbocycles. The fraction of sp³-hybridized carbons (Fsp3) is 0.294. The van der Waals surface area contributed by atoms with Crippen molar-refractivity contribution in [2.45, 2.75) is 90.9 Å². The first-order valence-corrected chi connectivity index (χ1v) is 28.0. The molecule has 4 atom stereocenters. The van der Waals surface area contributed by atoms with Gasteiger partial charge in [-0.05, 0) is 114 Å². The third kappa shape index (κ3) is 13.2. The van der Waals surface area contributed by atoms with Crippen LogP contribution in [0.4, 0.5) is 9.59 Å². The van der Waals surface area contributed by atoms with Gasteiger partial charge in [-0.3, -0.25) is 9.59 Å². The lowest BCUT2D eigenvalue weighted by molar-refractivity contribution is -0.0199. The molecule has 0 unspecified atom stereocenters. The van der Waals surface area contributed by atoms with E-state index in [1.54, 1.807) is 19.6 Å². The standard InChI is InChI=1S/2C34H37N3O4/c2*1-24-22-28(30(25-14-8-5-9-15-25)37(24)27-18-12-7-13-19-27)32(39)36-21-20-35(33(40)41-34(2,3)4)23-29(36)31(38)26-16-10-6-11-17-26/h2*5-19,22,29,31,38H,20-21,23H2,1-4H3/t29-,31+;29-,31-/m00/s1. The first kappa shape index (κ1) is 58.0. The van der Waals surface area contributed by atoms with E-state index in [-0.39, 0.29) is 38.0 Å². The van der Waals surface area contributed by atoms with Crippen LogP contribution in [0.1, 0.15) is 97.0 Å². The smallest absolute Gasteiger partial charge is 0.410 e. The number of hydrogen-bond donors (Lipinski definition) is 2. The molecule has 2 aliphatic heterocycles. The highest BCUT2D eigenvalue weighted by Gasteiger charge is 2.42. The van der Waals surface area contributed by atoms with Crippen LogP contribution >= 0.6 is 0 Å². The molecule has 4 amide bonds. The largest absolute Gasteiger partial charge is 0.444 e. The SMILES string of the molecule is Cc1cc(C(=O)N2CCN(C(=O)OC(C)(C)C)C[C@H]2[C@@H](O)c2ccccc2)c(-c2ccccc2)n1-c1ccccc1.Cc1cc(C(=O)N2CCN(C(=O)OC(C)(C)C)C[C@H]2[C@H](O)c2ccccc2)c(-c2ccccc2)n1-c1ccccc1. The van der Waals surface area contributed by atoms with Crippen LogP contribution in [-0.2, 0) is 9.47 Å². The number of piperazine rings is 2. The summed E-state index contributed by atoms with van der Waals surface area (Å²) in [6, 6.07) is 60.8. The third-order valence-electron chi connectivity index (χ3n) is 14.6. The van der Waals surface area contributed by atoms with Gasteiger partial charge in [-0.25, -0.2) is 9.59 Å². The summed E-state index contributed by atoms with van der Waals surface area (Å²) in [5.41, 5.74) is 8.34. The Balaban J connectivity index is 0.000000198. The molecule has 2 fully saturated rings. The van der Waals surface area contributed by atoms with Crippen molar-refractivity contribution in [1.29, 1.82) is 0 Å². The molecule has 0 bridgehead atoms. The van der Waals surface area contributed by atoms with Crippen molar-refractivity contribution in [3.8, 4) is 33.9 Å². The zero-order chi connectivity index (χ0) is 58.3. The number of aliphatic hydroxyl groups is 2. The minimum absolute atomic E-state index is 0.149. The van der Waals surface area contributed by atoms with Crippen LogP contribution in [0, 0.1) is 13.8 Å². The molecule has 0 radical (unpaired) electrons. The van der Waals surface area contributed by atoms with E-state index in [4.69, 9.17) is 9.47 Å². The molecule has 8 aromatic rings. The highest BCUT2D eigenvalue weighted by Crippen LogP contribution is 2.37. The maximum atomic E-state index is 14.5. The van der Waals surface area contributed by atoms with Crippen molar-refractivity contribution in [3.05, 3.63) is 228 Å². The summed E-state index contributed by atoms with van der Waals surface area (Å²) in [6.07, 6.45) is -2.90. The Hall–Kier alpha value is -8.72. The van der Waals surface area contributed by atoms with E-state index in [1.165, 1.54) is 0 Å². The van der Waals surface area contributed by atoms with Crippen molar-refractivity contribution in [2.24, 2.45) is 0 Å². The number of rotatable bonds is 10. The van der Waals surface area contributed by atoms with Crippen molar-refractivity contribution in [2.75, 3.05) is 39.3 Å². The first-order valence-electron chi connectivity index (χ1n) is 28.0. The summed E-state index contributed by atoms with van der Waals surface area (Å²) in [4.78, 5) is 61.7. The number of para-hydroxylation sites is 2. The van der Waals surface area contributed by atoms with Crippen LogP contribution in [0.2, 0.25) is 0 Å². The summed E-state index contributed by atoms with van der Waals surface area (Å²) in [5, 5.41) is 23.2. The monoisotopic (exact) mass is 1100 g/mol. The van der Waals surface area contributed by atoms with Gasteiger partial charge in [-0.2, -0.15) is 0 Å². The predicted octanol–water partition coefficient (Wildman–Crippen LogP) is 12.5. The second kappa shape index (κ2) is 25.0. The highest BCUT2D eigenvalue weighted by molar-refractivity contribution is 6.02. The molecular formula is C68H74N6O8. The molecule has 0 saturated carbocycles. The Kier molecular flexibility index (Phi) is 17.6. The average molecular weight is 1100 g/mol. The van der Waals surface area contributed by atoms with Gasteiger partial charge in [0.15, 0.2) is 0 Å². The number of carbonyl (C=O) groups excluding carboxylic acids is 4. The quantitative estimate of drug-likeness (QED) is 0.137. The zero-order valence-corrected chi connectivity index (χ0v) is 48.1. The Morgan fingerprint density at radius 1 is 0.439 bits per heavy atom. The fourth-order valence-corrected chi connectivity index (χ4v) is 10.9. The second-order valence-corrected chi connectivity index (χ2v) is 22.9. The summed E-state index contributed by atoms with van der Waals surface area (Å²) in [6.45, 7) is 16.4. The lowest BCUT2D eigenvalue weighted by atomic mass is 9.97. The Morgan fingerprint density at radius 3 is 1.04 bits per heavy atom. The van der Waals surface area contributed by atoms with E-state index in [9.17, 15) is 29.4 Å². The molecule has 0 aliphatic carbocycles. The predicted molar refractivity (Wildman–Crippen MR) is 320 cm³/mol. The summed E-state index contributed by atoms with van der Waals surface area (Å²) >= 11 is 0. The first-order chi connectivity index (χ1) is 39.3. The van der Waals surface area contributed by atoms with Crippen LogP contribution in [0.15, 0.2) is 194 Å². The average Bonchev–Trinajstić information content (AvgIpc) is 4.05. The van der Waals surface area contributed by atoms with E-state index >= 15 is 0 Å². The second-order valence-electron chi connectivity index (χ2n) is 22.9. The summed E-state index contributed by atoms with van der Waals surface area (Å²) in [7, 11) is 0. The van der Waals surface area contributed by atoms with E-state index in [0.29, 0.717) is 35.3 Å². The van der Waals surface area contributed by atoms with E-state index < -0.39 is 47.7 Å². The van der Waals surface area contributed by atoms with Crippen molar-refractivity contribution >= 4 is 24.0 Å². The highest BCUT2D eigenvalue weighted by atomic mass is 16.6. The van der Waals surface area contributed by atoms with E-state index in [1.807, 2.05) is 250 Å².